The van der Waals surface area contributed by atoms with Crippen molar-refractivity contribution in [1.82, 2.24) is 15.1 Å². The van der Waals surface area contributed by atoms with Crippen LogP contribution in [0.2, 0.25) is 0 Å². The van der Waals surface area contributed by atoms with Gasteiger partial charge in [-0.15, -0.1) is 0 Å². The first kappa shape index (κ1) is 13.2. The minimum absolute atomic E-state index is 0.0884. The van der Waals surface area contributed by atoms with E-state index in [9.17, 15) is 4.79 Å². The van der Waals surface area contributed by atoms with Crippen molar-refractivity contribution in [2.45, 2.75) is 40.2 Å². The highest BCUT2D eigenvalue weighted by Gasteiger charge is 2.09. The van der Waals surface area contributed by atoms with Gasteiger partial charge in [0, 0.05) is 18.7 Å². The minimum Gasteiger partial charge on any atom is -0.356 e. The van der Waals surface area contributed by atoms with E-state index >= 15 is 0 Å². The lowest BCUT2D eigenvalue weighted by atomic mass is 10.3. The largest absolute Gasteiger partial charge is 0.356 e. The van der Waals surface area contributed by atoms with Crippen molar-refractivity contribution in [1.29, 1.82) is 0 Å². The summed E-state index contributed by atoms with van der Waals surface area (Å²) in [5.74, 6) is 0.0884. The summed E-state index contributed by atoms with van der Waals surface area (Å²) in [6, 6.07) is 0. The Labute approximate surface area is 105 Å². The van der Waals surface area contributed by atoms with E-state index in [-0.39, 0.29) is 5.91 Å². The Morgan fingerprint density at radius 3 is 2.69 bits per heavy atom. The molecule has 0 fully saturated rings. The maximum absolute atomic E-state index is 11.4. The minimum atomic E-state index is 0.0884. The molecule has 0 bridgehead atoms. The fourth-order valence-electron chi connectivity index (χ4n) is 1.45. The Hall–Kier alpha value is -0.840. The summed E-state index contributed by atoms with van der Waals surface area (Å²) in [5.41, 5.74) is 2.03. The Kier molecular flexibility index (Phi) is 4.99. The SMILES string of the molecule is CCCNC(=O)CCn1nc(C)c(Br)c1C. The van der Waals surface area contributed by atoms with E-state index in [1.54, 1.807) is 0 Å². The fraction of sp³-hybridized carbons (Fsp3) is 0.636. The number of hydrogen-bond acceptors (Lipinski definition) is 2. The van der Waals surface area contributed by atoms with E-state index in [2.05, 4.69) is 26.3 Å². The van der Waals surface area contributed by atoms with Crippen LogP contribution in [0, 0.1) is 13.8 Å². The molecule has 4 nitrogen and oxygen atoms in total. The Bertz CT molecular complexity index is 374. The molecular weight excluding hydrogens is 270 g/mol. The highest BCUT2D eigenvalue weighted by molar-refractivity contribution is 9.10. The number of halogens is 1. The van der Waals surface area contributed by atoms with Gasteiger partial charge in [-0.2, -0.15) is 5.10 Å². The molecule has 0 atom stereocenters. The first-order valence-electron chi connectivity index (χ1n) is 5.52. The van der Waals surface area contributed by atoms with Crippen molar-refractivity contribution in [3.05, 3.63) is 15.9 Å². The fourth-order valence-corrected chi connectivity index (χ4v) is 1.74. The molecule has 1 amide bonds. The number of carbonyl (C=O) groups is 1. The molecule has 90 valence electrons. The van der Waals surface area contributed by atoms with Gasteiger partial charge in [0.2, 0.25) is 5.91 Å². The summed E-state index contributed by atoms with van der Waals surface area (Å²) in [6.07, 6.45) is 1.45. The molecule has 16 heavy (non-hydrogen) atoms. The molecule has 0 saturated carbocycles. The first-order valence-corrected chi connectivity index (χ1v) is 6.31. The van der Waals surface area contributed by atoms with E-state index in [0.29, 0.717) is 13.0 Å². The van der Waals surface area contributed by atoms with E-state index in [1.165, 1.54) is 0 Å². The lowest BCUT2D eigenvalue weighted by Crippen LogP contribution is -2.25. The quantitative estimate of drug-likeness (QED) is 0.902. The molecule has 0 aromatic carbocycles. The van der Waals surface area contributed by atoms with Gasteiger partial charge < -0.3 is 5.32 Å². The zero-order valence-corrected chi connectivity index (χ0v) is 11.6. The maximum atomic E-state index is 11.4. The van der Waals surface area contributed by atoms with Crippen molar-refractivity contribution in [3.63, 3.8) is 0 Å². The van der Waals surface area contributed by atoms with Gasteiger partial charge in [0.15, 0.2) is 0 Å². The third-order valence-electron chi connectivity index (χ3n) is 2.42. The first-order chi connectivity index (χ1) is 7.56. The van der Waals surface area contributed by atoms with E-state index in [4.69, 9.17) is 0 Å². The molecule has 0 radical (unpaired) electrons. The van der Waals surface area contributed by atoms with Crippen LogP contribution in [-0.4, -0.2) is 22.2 Å². The molecule has 0 aliphatic carbocycles. The molecule has 0 spiro atoms. The summed E-state index contributed by atoms with van der Waals surface area (Å²) in [5, 5.41) is 7.20. The predicted molar refractivity (Wildman–Crippen MR) is 67.3 cm³/mol. The Morgan fingerprint density at radius 2 is 2.19 bits per heavy atom. The summed E-state index contributed by atoms with van der Waals surface area (Å²) in [4.78, 5) is 11.4. The number of amides is 1. The Balaban J connectivity index is 2.48. The molecule has 1 aromatic rings. The number of hydrogen-bond donors (Lipinski definition) is 1. The van der Waals surface area contributed by atoms with Crippen molar-refractivity contribution in [3.8, 4) is 0 Å². The topological polar surface area (TPSA) is 46.9 Å². The van der Waals surface area contributed by atoms with Crippen LogP contribution < -0.4 is 5.32 Å². The number of nitrogens with one attached hydrogen (secondary N) is 1. The van der Waals surface area contributed by atoms with Crippen molar-refractivity contribution < 1.29 is 4.79 Å². The summed E-state index contributed by atoms with van der Waals surface area (Å²) < 4.78 is 2.90. The zero-order valence-electron chi connectivity index (χ0n) is 10.0. The molecule has 1 heterocycles. The van der Waals surface area contributed by atoms with Crippen LogP contribution in [0.4, 0.5) is 0 Å². The highest BCUT2D eigenvalue weighted by atomic mass is 79.9. The van der Waals surface area contributed by atoms with Gasteiger partial charge in [0.1, 0.15) is 0 Å². The lowest BCUT2D eigenvalue weighted by Gasteiger charge is -2.05. The average molecular weight is 288 g/mol. The van der Waals surface area contributed by atoms with Gasteiger partial charge in [0.25, 0.3) is 0 Å². The van der Waals surface area contributed by atoms with Gasteiger partial charge in [0.05, 0.1) is 16.7 Å². The van der Waals surface area contributed by atoms with Crippen LogP contribution in [-0.2, 0) is 11.3 Å². The maximum Gasteiger partial charge on any atom is 0.221 e. The van der Waals surface area contributed by atoms with Crippen LogP contribution in [0.3, 0.4) is 0 Å². The highest BCUT2D eigenvalue weighted by Crippen LogP contribution is 2.19. The Morgan fingerprint density at radius 1 is 1.50 bits per heavy atom. The number of carbonyl (C=O) groups excluding carboxylic acids is 1. The van der Waals surface area contributed by atoms with Crippen LogP contribution in [0.25, 0.3) is 0 Å². The van der Waals surface area contributed by atoms with Crippen molar-refractivity contribution in [2.24, 2.45) is 0 Å². The van der Waals surface area contributed by atoms with Crippen LogP contribution in [0.15, 0.2) is 4.47 Å². The molecule has 5 heteroatoms. The summed E-state index contributed by atoms with van der Waals surface area (Å²) >= 11 is 3.47. The van der Waals surface area contributed by atoms with E-state index < -0.39 is 0 Å². The van der Waals surface area contributed by atoms with Crippen molar-refractivity contribution in [2.75, 3.05) is 6.54 Å². The van der Waals surface area contributed by atoms with Crippen molar-refractivity contribution >= 4 is 21.8 Å². The normalized spacial score (nSPS) is 10.5. The number of rotatable bonds is 5. The molecule has 0 aliphatic heterocycles. The van der Waals surface area contributed by atoms with Gasteiger partial charge >= 0.3 is 0 Å². The summed E-state index contributed by atoms with van der Waals surface area (Å²) in [7, 11) is 0. The molecule has 0 unspecified atom stereocenters. The van der Waals surface area contributed by atoms with Crippen LogP contribution in [0.1, 0.15) is 31.2 Å². The average Bonchev–Trinajstić information content (AvgIpc) is 2.51. The lowest BCUT2D eigenvalue weighted by molar-refractivity contribution is -0.121. The van der Waals surface area contributed by atoms with E-state index in [0.717, 1.165) is 28.8 Å². The number of aryl methyl sites for hydroxylation is 2. The molecule has 0 saturated heterocycles. The smallest absolute Gasteiger partial charge is 0.221 e. The van der Waals surface area contributed by atoms with Gasteiger partial charge in [-0.25, -0.2) is 0 Å². The second-order valence-electron chi connectivity index (χ2n) is 3.81. The van der Waals surface area contributed by atoms with E-state index in [1.807, 2.05) is 25.5 Å². The van der Waals surface area contributed by atoms with Crippen LogP contribution >= 0.6 is 15.9 Å². The van der Waals surface area contributed by atoms with Gasteiger partial charge in [-0.05, 0) is 36.2 Å². The molecule has 1 aromatic heterocycles. The molecule has 0 aliphatic rings. The van der Waals surface area contributed by atoms with Gasteiger partial charge in [-0.3, -0.25) is 9.48 Å². The summed E-state index contributed by atoms with van der Waals surface area (Å²) in [6.45, 7) is 7.37. The van der Waals surface area contributed by atoms with Gasteiger partial charge in [-0.1, -0.05) is 6.92 Å². The standard InChI is InChI=1S/C11H18BrN3O/c1-4-6-13-10(16)5-7-15-9(3)11(12)8(2)14-15/h4-7H2,1-3H3,(H,13,16). The monoisotopic (exact) mass is 287 g/mol. The third kappa shape index (κ3) is 3.33. The molecule has 1 rings (SSSR count). The van der Waals surface area contributed by atoms with Crippen LogP contribution in [0.5, 0.6) is 0 Å². The molecule has 1 N–H and O–H groups in total. The second-order valence-corrected chi connectivity index (χ2v) is 4.60. The number of aromatic nitrogens is 2. The third-order valence-corrected chi connectivity index (χ3v) is 3.56. The molecular formula is C11H18BrN3O. The zero-order chi connectivity index (χ0) is 12.1. The predicted octanol–water partition coefficient (Wildman–Crippen LogP) is 2.18. The number of nitrogens with zero attached hydrogens (tertiary/aromatic N) is 2. The second kappa shape index (κ2) is 6.03.